The van der Waals surface area contributed by atoms with Gasteiger partial charge < -0.3 is 10.6 Å². The number of rotatable bonds is 3. The van der Waals surface area contributed by atoms with Crippen LogP contribution in [0.4, 0.5) is 5.69 Å². The molecule has 1 aliphatic heterocycles. The summed E-state index contributed by atoms with van der Waals surface area (Å²) < 4.78 is 0. The van der Waals surface area contributed by atoms with Crippen molar-refractivity contribution in [1.82, 2.24) is 5.32 Å². The minimum atomic E-state index is -0.0234. The van der Waals surface area contributed by atoms with Crippen LogP contribution in [0.1, 0.15) is 27.0 Å². The van der Waals surface area contributed by atoms with Gasteiger partial charge in [-0.15, -0.1) is 0 Å². The highest BCUT2D eigenvalue weighted by Gasteiger charge is 2.13. The molecule has 3 heteroatoms. The Balaban J connectivity index is 1.69. The van der Waals surface area contributed by atoms with E-state index in [1.165, 1.54) is 11.1 Å². The molecule has 1 amide bonds. The van der Waals surface area contributed by atoms with Gasteiger partial charge in [0, 0.05) is 24.3 Å². The molecule has 0 radical (unpaired) electrons. The Morgan fingerprint density at radius 3 is 2.95 bits per heavy atom. The Hall–Kier alpha value is -2.29. The van der Waals surface area contributed by atoms with Gasteiger partial charge >= 0.3 is 0 Å². The van der Waals surface area contributed by atoms with E-state index in [-0.39, 0.29) is 5.91 Å². The van der Waals surface area contributed by atoms with E-state index in [1.54, 1.807) is 0 Å². The molecule has 2 N–H and O–H groups in total. The molecule has 0 saturated heterocycles. The topological polar surface area (TPSA) is 41.1 Å². The first-order valence-electron chi connectivity index (χ1n) is 6.93. The van der Waals surface area contributed by atoms with Crippen molar-refractivity contribution in [2.75, 3.05) is 11.9 Å². The minimum absolute atomic E-state index is 0.0234. The molecule has 2 aromatic carbocycles. The van der Waals surface area contributed by atoms with Crippen molar-refractivity contribution in [3.05, 3.63) is 64.7 Å². The fourth-order valence-electron chi connectivity index (χ4n) is 2.52. The zero-order valence-corrected chi connectivity index (χ0v) is 11.6. The van der Waals surface area contributed by atoms with Gasteiger partial charge in [0.2, 0.25) is 0 Å². The SMILES string of the molecule is Cc1ccccc1CNC(=O)c1ccc2c(c1)NCC2. The van der Waals surface area contributed by atoms with Gasteiger partial charge in [0.25, 0.3) is 5.91 Å². The molecular weight excluding hydrogens is 248 g/mol. The van der Waals surface area contributed by atoms with Gasteiger partial charge in [0.1, 0.15) is 0 Å². The number of amides is 1. The van der Waals surface area contributed by atoms with E-state index >= 15 is 0 Å². The predicted molar refractivity (Wildman–Crippen MR) is 81.0 cm³/mol. The average molecular weight is 266 g/mol. The molecule has 0 saturated carbocycles. The van der Waals surface area contributed by atoms with Crippen molar-refractivity contribution in [2.45, 2.75) is 19.9 Å². The van der Waals surface area contributed by atoms with Crippen molar-refractivity contribution in [2.24, 2.45) is 0 Å². The first-order valence-corrected chi connectivity index (χ1v) is 6.93. The molecule has 0 spiro atoms. The van der Waals surface area contributed by atoms with Crippen LogP contribution in [-0.4, -0.2) is 12.5 Å². The average Bonchev–Trinajstić information content (AvgIpc) is 2.93. The highest BCUT2D eigenvalue weighted by Crippen LogP contribution is 2.23. The van der Waals surface area contributed by atoms with E-state index in [0.29, 0.717) is 12.1 Å². The lowest BCUT2D eigenvalue weighted by molar-refractivity contribution is 0.0951. The second-order valence-corrected chi connectivity index (χ2v) is 5.16. The molecule has 0 fully saturated rings. The van der Waals surface area contributed by atoms with E-state index in [0.717, 1.165) is 24.2 Å². The minimum Gasteiger partial charge on any atom is -0.384 e. The lowest BCUT2D eigenvalue weighted by Gasteiger charge is -2.09. The maximum Gasteiger partial charge on any atom is 0.251 e. The molecule has 3 nitrogen and oxygen atoms in total. The fourth-order valence-corrected chi connectivity index (χ4v) is 2.52. The number of aryl methyl sites for hydroxylation is 1. The van der Waals surface area contributed by atoms with Crippen LogP contribution in [0.25, 0.3) is 0 Å². The van der Waals surface area contributed by atoms with E-state index in [9.17, 15) is 4.79 Å². The van der Waals surface area contributed by atoms with Gasteiger partial charge in [-0.1, -0.05) is 30.3 Å². The predicted octanol–water partition coefficient (Wildman–Crippen LogP) is 2.89. The van der Waals surface area contributed by atoms with E-state index in [2.05, 4.69) is 23.6 Å². The van der Waals surface area contributed by atoms with Crippen LogP contribution in [0.5, 0.6) is 0 Å². The number of anilines is 1. The summed E-state index contributed by atoms with van der Waals surface area (Å²) in [5.41, 5.74) is 5.45. The number of hydrogen-bond acceptors (Lipinski definition) is 2. The number of benzene rings is 2. The number of nitrogens with one attached hydrogen (secondary N) is 2. The Kier molecular flexibility index (Phi) is 3.42. The van der Waals surface area contributed by atoms with Gasteiger partial charge in [-0.25, -0.2) is 0 Å². The smallest absolute Gasteiger partial charge is 0.251 e. The second kappa shape index (κ2) is 5.37. The van der Waals surface area contributed by atoms with Gasteiger partial charge in [-0.2, -0.15) is 0 Å². The van der Waals surface area contributed by atoms with Gasteiger partial charge in [0.05, 0.1) is 0 Å². The molecule has 0 aliphatic carbocycles. The number of fused-ring (bicyclic) bond motifs is 1. The number of carbonyl (C=O) groups excluding carboxylic acids is 1. The van der Waals surface area contributed by atoms with Crippen molar-refractivity contribution in [1.29, 1.82) is 0 Å². The van der Waals surface area contributed by atoms with Crippen LogP contribution in [0.3, 0.4) is 0 Å². The standard InChI is InChI=1S/C17H18N2O/c1-12-4-2-3-5-15(12)11-19-17(20)14-7-6-13-8-9-18-16(13)10-14/h2-7,10,18H,8-9,11H2,1H3,(H,19,20). The van der Waals surface area contributed by atoms with Crippen LogP contribution in [0.2, 0.25) is 0 Å². The Morgan fingerprint density at radius 1 is 1.25 bits per heavy atom. The van der Waals surface area contributed by atoms with Crippen molar-refractivity contribution in [3.63, 3.8) is 0 Å². The van der Waals surface area contributed by atoms with Gasteiger partial charge in [-0.3, -0.25) is 4.79 Å². The monoisotopic (exact) mass is 266 g/mol. The van der Waals surface area contributed by atoms with E-state index < -0.39 is 0 Å². The van der Waals surface area contributed by atoms with E-state index in [4.69, 9.17) is 0 Å². The molecule has 0 aromatic heterocycles. The van der Waals surface area contributed by atoms with Crippen molar-refractivity contribution < 1.29 is 4.79 Å². The summed E-state index contributed by atoms with van der Waals surface area (Å²) in [5, 5.41) is 6.28. The molecule has 3 rings (SSSR count). The third-order valence-corrected chi connectivity index (χ3v) is 3.78. The molecule has 1 aliphatic rings. The Bertz CT molecular complexity index is 649. The largest absolute Gasteiger partial charge is 0.384 e. The zero-order chi connectivity index (χ0) is 13.9. The zero-order valence-electron chi connectivity index (χ0n) is 11.6. The quantitative estimate of drug-likeness (QED) is 0.897. The van der Waals surface area contributed by atoms with Crippen LogP contribution >= 0.6 is 0 Å². The third kappa shape index (κ3) is 2.52. The Labute approximate surface area is 119 Å². The highest BCUT2D eigenvalue weighted by molar-refractivity contribution is 5.95. The maximum atomic E-state index is 12.2. The molecule has 2 aromatic rings. The second-order valence-electron chi connectivity index (χ2n) is 5.16. The first-order chi connectivity index (χ1) is 9.74. The summed E-state index contributed by atoms with van der Waals surface area (Å²) in [6, 6.07) is 14.0. The summed E-state index contributed by atoms with van der Waals surface area (Å²) >= 11 is 0. The van der Waals surface area contributed by atoms with E-state index in [1.807, 2.05) is 36.4 Å². The summed E-state index contributed by atoms with van der Waals surface area (Å²) in [7, 11) is 0. The van der Waals surface area contributed by atoms with Gasteiger partial charge in [-0.05, 0) is 42.2 Å². The lowest BCUT2D eigenvalue weighted by atomic mass is 10.1. The molecule has 0 atom stereocenters. The maximum absolute atomic E-state index is 12.2. The van der Waals surface area contributed by atoms with Crippen LogP contribution in [0, 0.1) is 6.92 Å². The summed E-state index contributed by atoms with van der Waals surface area (Å²) in [6.07, 6.45) is 1.04. The lowest BCUT2D eigenvalue weighted by Crippen LogP contribution is -2.23. The Morgan fingerprint density at radius 2 is 2.10 bits per heavy atom. The molecule has 102 valence electrons. The van der Waals surface area contributed by atoms with Crippen LogP contribution in [-0.2, 0) is 13.0 Å². The number of hydrogen-bond donors (Lipinski definition) is 2. The first kappa shape index (κ1) is 12.7. The van der Waals surface area contributed by atoms with Crippen molar-refractivity contribution in [3.8, 4) is 0 Å². The molecule has 0 bridgehead atoms. The fraction of sp³-hybridized carbons (Fsp3) is 0.235. The highest BCUT2D eigenvalue weighted by atomic mass is 16.1. The summed E-state index contributed by atoms with van der Waals surface area (Å²) in [4.78, 5) is 12.2. The normalized spacial score (nSPS) is 12.7. The molecule has 20 heavy (non-hydrogen) atoms. The van der Waals surface area contributed by atoms with Crippen LogP contribution < -0.4 is 10.6 Å². The number of carbonyl (C=O) groups is 1. The molecular formula is C17H18N2O. The van der Waals surface area contributed by atoms with Crippen LogP contribution in [0.15, 0.2) is 42.5 Å². The van der Waals surface area contributed by atoms with Crippen molar-refractivity contribution >= 4 is 11.6 Å². The third-order valence-electron chi connectivity index (χ3n) is 3.78. The van der Waals surface area contributed by atoms with Gasteiger partial charge in [0.15, 0.2) is 0 Å². The summed E-state index contributed by atoms with van der Waals surface area (Å²) in [6.45, 7) is 3.58. The molecule has 0 unspecified atom stereocenters. The summed E-state index contributed by atoms with van der Waals surface area (Å²) in [5.74, 6) is -0.0234. The molecule has 1 heterocycles.